The molecule has 158 valence electrons. The monoisotopic (exact) mass is 458 g/mol. The van der Waals surface area contributed by atoms with Crippen molar-refractivity contribution >= 4 is 46.1 Å². The molecule has 3 aromatic carbocycles. The van der Waals surface area contributed by atoms with Crippen LogP contribution in [0.4, 0.5) is 5.69 Å². The summed E-state index contributed by atoms with van der Waals surface area (Å²) in [6.45, 7) is 0. The molecule has 0 spiro atoms. The number of hydrogen-bond acceptors (Lipinski definition) is 6. The van der Waals surface area contributed by atoms with E-state index in [2.05, 4.69) is 39.8 Å². The zero-order chi connectivity index (χ0) is 21.8. The Labute approximate surface area is 193 Å². The first-order chi connectivity index (χ1) is 15.8. The number of thioether (sulfide) groups is 1. The summed E-state index contributed by atoms with van der Waals surface area (Å²) in [7, 11) is 0. The maximum Gasteiger partial charge on any atom is 0.234 e. The van der Waals surface area contributed by atoms with Gasteiger partial charge in [0, 0.05) is 10.6 Å². The van der Waals surface area contributed by atoms with Crippen molar-refractivity contribution in [2.45, 2.75) is 10.1 Å². The van der Waals surface area contributed by atoms with Gasteiger partial charge in [-0.1, -0.05) is 66.4 Å². The molecule has 0 aliphatic heterocycles. The Hall–Kier alpha value is -3.49. The Bertz CT molecular complexity index is 1350. The molecule has 8 heteroatoms. The average Bonchev–Trinajstić information content (AvgIpc) is 3.49. The van der Waals surface area contributed by atoms with E-state index in [1.54, 1.807) is 12.5 Å². The summed E-state index contributed by atoms with van der Waals surface area (Å²) in [5, 5.41) is 14.6. The number of carbonyl (C=O) groups is 1. The summed E-state index contributed by atoms with van der Waals surface area (Å²) in [5.41, 5.74) is 1.59. The lowest BCUT2D eigenvalue weighted by Crippen LogP contribution is -2.14. The van der Waals surface area contributed by atoms with Crippen molar-refractivity contribution in [1.82, 2.24) is 14.2 Å². The summed E-state index contributed by atoms with van der Waals surface area (Å²) in [6.07, 6.45) is 3.25. The molecule has 0 atom stereocenters. The number of aromatic nitrogens is 3. The zero-order valence-electron chi connectivity index (χ0n) is 16.8. The second kappa shape index (κ2) is 9.33. The fourth-order valence-electron chi connectivity index (χ4n) is 3.22. The molecule has 0 fully saturated rings. The summed E-state index contributed by atoms with van der Waals surface area (Å²) in [5.74, 6) is 0.785. The van der Waals surface area contributed by atoms with Gasteiger partial charge in [0.15, 0.2) is 5.82 Å². The molecule has 2 heterocycles. The van der Waals surface area contributed by atoms with E-state index < -0.39 is 0 Å². The highest BCUT2D eigenvalue weighted by molar-refractivity contribution is 8.01. The lowest BCUT2D eigenvalue weighted by Gasteiger charge is -2.11. The number of amides is 1. The van der Waals surface area contributed by atoms with Gasteiger partial charge in [-0.2, -0.15) is 0 Å². The van der Waals surface area contributed by atoms with E-state index in [-0.39, 0.29) is 11.7 Å². The SMILES string of the molecule is O=C(CSc1nnc(-c2ccoc2)n1Sc1cccc2ccccc12)Nc1ccccc1. The van der Waals surface area contributed by atoms with Crippen LogP contribution in [-0.4, -0.2) is 25.8 Å². The quantitative estimate of drug-likeness (QED) is 0.303. The van der Waals surface area contributed by atoms with Crippen LogP contribution in [-0.2, 0) is 4.79 Å². The van der Waals surface area contributed by atoms with Crippen LogP contribution in [0, 0.1) is 0 Å². The van der Waals surface area contributed by atoms with Crippen LogP contribution in [0.2, 0.25) is 0 Å². The Balaban J connectivity index is 1.43. The van der Waals surface area contributed by atoms with Gasteiger partial charge < -0.3 is 9.73 Å². The van der Waals surface area contributed by atoms with Crippen molar-refractivity contribution in [3.8, 4) is 11.4 Å². The number of furan rings is 1. The van der Waals surface area contributed by atoms with E-state index in [4.69, 9.17) is 4.42 Å². The van der Waals surface area contributed by atoms with Gasteiger partial charge in [-0.05, 0) is 47.0 Å². The standard InChI is InChI=1S/C24H18N4O2S2/c29-22(25-19-9-2-1-3-10-19)16-31-24-27-26-23(18-13-14-30-15-18)28(24)32-21-12-6-8-17-7-4-5-11-20(17)21/h1-15H,16H2,(H,25,29). The molecule has 5 aromatic rings. The zero-order valence-corrected chi connectivity index (χ0v) is 18.5. The molecule has 2 aromatic heterocycles. The van der Waals surface area contributed by atoms with Gasteiger partial charge in [-0.3, -0.25) is 4.79 Å². The van der Waals surface area contributed by atoms with Crippen LogP contribution < -0.4 is 5.32 Å². The van der Waals surface area contributed by atoms with E-state index in [0.717, 1.165) is 26.9 Å². The summed E-state index contributed by atoms with van der Waals surface area (Å²) >= 11 is 2.87. The highest BCUT2D eigenvalue weighted by Gasteiger charge is 2.18. The van der Waals surface area contributed by atoms with Gasteiger partial charge in [0.25, 0.3) is 0 Å². The van der Waals surface area contributed by atoms with Crippen molar-refractivity contribution < 1.29 is 9.21 Å². The highest BCUT2D eigenvalue weighted by Crippen LogP contribution is 2.35. The van der Waals surface area contributed by atoms with Crippen molar-refractivity contribution in [3.05, 3.63) is 91.4 Å². The van der Waals surface area contributed by atoms with Crippen molar-refractivity contribution in [3.63, 3.8) is 0 Å². The minimum Gasteiger partial charge on any atom is -0.472 e. The number of rotatable bonds is 7. The van der Waals surface area contributed by atoms with Crippen molar-refractivity contribution in [2.24, 2.45) is 0 Å². The van der Waals surface area contributed by atoms with Crippen LogP contribution in [0.3, 0.4) is 0 Å². The predicted octanol–water partition coefficient (Wildman–Crippen LogP) is 5.98. The molecule has 0 saturated carbocycles. The Morgan fingerprint density at radius 3 is 2.59 bits per heavy atom. The average molecular weight is 459 g/mol. The molecule has 6 nitrogen and oxygen atoms in total. The molecule has 0 bridgehead atoms. The summed E-state index contributed by atoms with van der Waals surface area (Å²) in [6, 6.07) is 25.7. The third-order valence-electron chi connectivity index (χ3n) is 4.70. The third kappa shape index (κ3) is 4.42. The van der Waals surface area contributed by atoms with Crippen LogP contribution in [0.25, 0.3) is 22.2 Å². The predicted molar refractivity (Wildman–Crippen MR) is 129 cm³/mol. The van der Waals surface area contributed by atoms with Crippen LogP contribution in [0.1, 0.15) is 0 Å². The molecular weight excluding hydrogens is 440 g/mol. The molecule has 1 amide bonds. The topological polar surface area (TPSA) is 73.0 Å². The van der Waals surface area contributed by atoms with Crippen LogP contribution >= 0.6 is 23.7 Å². The maximum atomic E-state index is 12.5. The fraction of sp³-hybridized carbons (Fsp3) is 0.0417. The molecule has 1 N–H and O–H groups in total. The van der Waals surface area contributed by atoms with Gasteiger partial charge in [0.1, 0.15) is 6.26 Å². The Morgan fingerprint density at radius 2 is 1.75 bits per heavy atom. The van der Waals surface area contributed by atoms with Gasteiger partial charge in [-0.25, -0.2) is 3.97 Å². The number of hydrogen-bond donors (Lipinski definition) is 1. The molecule has 0 saturated heterocycles. The Kier molecular flexibility index (Phi) is 5.96. The van der Waals surface area contributed by atoms with Gasteiger partial charge in [0.2, 0.25) is 11.1 Å². The summed E-state index contributed by atoms with van der Waals surface area (Å²) in [4.78, 5) is 13.5. The minimum absolute atomic E-state index is 0.101. The first-order valence-electron chi connectivity index (χ1n) is 9.90. The number of nitrogens with zero attached hydrogens (tertiary/aromatic N) is 3. The first-order valence-corrected chi connectivity index (χ1v) is 11.7. The fourth-order valence-corrected chi connectivity index (χ4v) is 5.09. The lowest BCUT2D eigenvalue weighted by molar-refractivity contribution is -0.113. The van der Waals surface area contributed by atoms with Gasteiger partial charge in [0.05, 0.1) is 17.6 Å². The number of fused-ring (bicyclic) bond motifs is 1. The number of para-hydroxylation sites is 1. The van der Waals surface area contributed by atoms with Gasteiger partial charge in [-0.15, -0.1) is 10.2 Å². The molecule has 0 radical (unpaired) electrons. The molecule has 32 heavy (non-hydrogen) atoms. The molecule has 0 aliphatic rings. The molecule has 0 aliphatic carbocycles. The van der Waals surface area contributed by atoms with Gasteiger partial charge >= 0.3 is 0 Å². The van der Waals surface area contributed by atoms with E-state index >= 15 is 0 Å². The second-order valence-corrected chi connectivity index (χ2v) is 8.81. The molecular formula is C24H18N4O2S2. The van der Waals surface area contributed by atoms with E-state index in [9.17, 15) is 4.79 Å². The number of anilines is 1. The van der Waals surface area contributed by atoms with Crippen LogP contribution in [0.5, 0.6) is 0 Å². The minimum atomic E-state index is -0.101. The normalized spacial score (nSPS) is 11.0. The molecule has 5 rings (SSSR count). The van der Waals surface area contributed by atoms with Crippen molar-refractivity contribution in [1.29, 1.82) is 0 Å². The second-order valence-electron chi connectivity index (χ2n) is 6.88. The van der Waals surface area contributed by atoms with Crippen molar-refractivity contribution in [2.75, 3.05) is 11.1 Å². The molecule has 0 unspecified atom stereocenters. The number of nitrogens with one attached hydrogen (secondary N) is 1. The lowest BCUT2D eigenvalue weighted by atomic mass is 10.1. The smallest absolute Gasteiger partial charge is 0.234 e. The van der Waals surface area contributed by atoms with Crippen LogP contribution in [0.15, 0.2) is 106 Å². The third-order valence-corrected chi connectivity index (χ3v) is 6.83. The maximum absolute atomic E-state index is 12.5. The van der Waals surface area contributed by atoms with E-state index in [0.29, 0.717) is 11.0 Å². The number of benzene rings is 3. The van der Waals surface area contributed by atoms with E-state index in [1.165, 1.54) is 23.7 Å². The Morgan fingerprint density at radius 1 is 0.938 bits per heavy atom. The first kappa shape index (κ1) is 20.4. The summed E-state index contributed by atoms with van der Waals surface area (Å²) < 4.78 is 7.21. The number of carbonyl (C=O) groups excluding carboxylic acids is 1. The van der Waals surface area contributed by atoms with E-state index in [1.807, 2.05) is 58.6 Å². The largest absolute Gasteiger partial charge is 0.472 e. The highest BCUT2D eigenvalue weighted by atomic mass is 32.2.